The maximum atomic E-state index is 5.04. The Hall–Kier alpha value is -0.290. The molecule has 1 aliphatic heterocycles. The van der Waals surface area contributed by atoms with E-state index >= 15 is 0 Å². The molecule has 5 heteroatoms. The second-order valence-corrected chi connectivity index (χ2v) is 5.29. The third kappa shape index (κ3) is 2.03. The van der Waals surface area contributed by atoms with Crippen LogP contribution in [0.2, 0.25) is 0 Å². The van der Waals surface area contributed by atoms with E-state index in [1.54, 1.807) is 7.11 Å². The fraction of sp³-hybridized carbons (Fsp3) is 0.556. The van der Waals surface area contributed by atoms with Gasteiger partial charge in [0.15, 0.2) is 0 Å². The minimum Gasteiger partial charge on any atom is -0.479 e. The summed E-state index contributed by atoms with van der Waals surface area (Å²) in [6.07, 6.45) is 2.48. The number of ether oxygens (including phenoxy) is 1. The van der Waals surface area contributed by atoms with E-state index in [0.29, 0.717) is 11.1 Å². The summed E-state index contributed by atoms with van der Waals surface area (Å²) in [7, 11) is 1.60. The molecule has 1 fully saturated rings. The molecule has 1 unspecified atom stereocenters. The molecule has 0 aromatic carbocycles. The Balaban J connectivity index is 2.23. The zero-order chi connectivity index (χ0) is 9.97. The summed E-state index contributed by atoms with van der Waals surface area (Å²) < 4.78 is 5.92. The minimum atomic E-state index is 0.518. The number of hydrogen-bond acceptors (Lipinski definition) is 4. The van der Waals surface area contributed by atoms with Crippen LogP contribution in [0, 0.1) is 0 Å². The number of methoxy groups -OCH3 is 1. The van der Waals surface area contributed by atoms with Gasteiger partial charge in [-0.2, -0.15) is 16.9 Å². The molecule has 0 saturated carbocycles. The second kappa shape index (κ2) is 4.49. The van der Waals surface area contributed by atoms with Crippen LogP contribution in [0.15, 0.2) is 10.5 Å². The summed E-state index contributed by atoms with van der Waals surface area (Å²) in [5, 5.41) is 8.69. The van der Waals surface area contributed by atoms with E-state index in [1.165, 1.54) is 18.6 Å². The third-order valence-corrected chi connectivity index (χ3v) is 4.16. The third-order valence-electron chi connectivity index (χ3n) is 2.19. The maximum absolute atomic E-state index is 5.04. The molecule has 2 rings (SSSR count). The van der Waals surface area contributed by atoms with E-state index in [2.05, 4.69) is 26.1 Å². The lowest BCUT2D eigenvalue weighted by atomic mass is 10.2. The summed E-state index contributed by atoms with van der Waals surface area (Å²) >= 11 is 5.37. The predicted octanol–water partition coefficient (Wildman–Crippen LogP) is 2.82. The first-order valence-corrected chi connectivity index (χ1v) is 6.34. The van der Waals surface area contributed by atoms with Gasteiger partial charge in [-0.25, -0.2) is 0 Å². The van der Waals surface area contributed by atoms with Crippen LogP contribution in [0.3, 0.4) is 0 Å². The van der Waals surface area contributed by atoms with Crippen molar-refractivity contribution < 1.29 is 4.74 Å². The van der Waals surface area contributed by atoms with Crippen molar-refractivity contribution in [3.8, 4) is 5.88 Å². The van der Waals surface area contributed by atoms with Crippen LogP contribution in [-0.2, 0) is 0 Å². The predicted molar refractivity (Wildman–Crippen MR) is 60.7 cm³/mol. The van der Waals surface area contributed by atoms with Gasteiger partial charge in [0.1, 0.15) is 0 Å². The van der Waals surface area contributed by atoms with Crippen LogP contribution in [0.4, 0.5) is 0 Å². The molecule has 2 heterocycles. The van der Waals surface area contributed by atoms with Gasteiger partial charge in [0.05, 0.1) is 17.3 Å². The van der Waals surface area contributed by atoms with E-state index in [4.69, 9.17) is 4.74 Å². The zero-order valence-corrected chi connectivity index (χ0v) is 10.3. The van der Waals surface area contributed by atoms with Gasteiger partial charge >= 0.3 is 0 Å². The molecule has 14 heavy (non-hydrogen) atoms. The van der Waals surface area contributed by atoms with Crippen LogP contribution < -0.4 is 4.74 Å². The zero-order valence-electron chi connectivity index (χ0n) is 7.86. The molecule has 1 aromatic rings. The molecule has 76 valence electrons. The van der Waals surface area contributed by atoms with Crippen molar-refractivity contribution in [3.05, 3.63) is 16.2 Å². The van der Waals surface area contributed by atoms with E-state index in [-0.39, 0.29) is 0 Å². The topological polar surface area (TPSA) is 35.0 Å². The largest absolute Gasteiger partial charge is 0.479 e. The lowest BCUT2D eigenvalue weighted by molar-refractivity contribution is 0.388. The number of thioether (sulfide) groups is 1. The maximum Gasteiger partial charge on any atom is 0.247 e. The molecule has 1 atom stereocenters. The van der Waals surface area contributed by atoms with Gasteiger partial charge in [-0.3, -0.25) is 0 Å². The van der Waals surface area contributed by atoms with Crippen molar-refractivity contribution in [1.29, 1.82) is 0 Å². The monoisotopic (exact) mass is 274 g/mol. The minimum absolute atomic E-state index is 0.518. The Labute approximate surface area is 95.8 Å². The molecule has 1 saturated heterocycles. The van der Waals surface area contributed by atoms with E-state index in [9.17, 15) is 0 Å². The van der Waals surface area contributed by atoms with Crippen molar-refractivity contribution in [2.75, 3.05) is 12.9 Å². The molecule has 0 bridgehead atoms. The highest BCUT2D eigenvalue weighted by Gasteiger charge is 2.20. The van der Waals surface area contributed by atoms with Crippen LogP contribution in [0.5, 0.6) is 5.88 Å². The number of nitrogens with zero attached hydrogens (tertiary/aromatic N) is 2. The van der Waals surface area contributed by atoms with E-state index in [0.717, 1.165) is 10.2 Å². The standard InChI is InChI=1S/C9H11BrN2OS/c1-13-9-6(10)5-7(11-12-9)8-3-2-4-14-8/h5,8H,2-4H2,1H3. The molecular weight excluding hydrogens is 264 g/mol. The van der Waals surface area contributed by atoms with Crippen LogP contribution in [0.1, 0.15) is 23.8 Å². The summed E-state index contributed by atoms with van der Waals surface area (Å²) in [6, 6.07) is 2.01. The molecule has 1 aromatic heterocycles. The van der Waals surface area contributed by atoms with E-state index < -0.39 is 0 Å². The van der Waals surface area contributed by atoms with Crippen LogP contribution in [-0.4, -0.2) is 23.1 Å². The number of hydrogen-bond donors (Lipinski definition) is 0. The van der Waals surface area contributed by atoms with Gasteiger partial charge in [-0.1, -0.05) is 0 Å². The quantitative estimate of drug-likeness (QED) is 0.831. The summed E-state index contributed by atoms with van der Waals surface area (Å²) in [4.78, 5) is 0. The fourth-order valence-electron chi connectivity index (χ4n) is 1.48. The highest BCUT2D eigenvalue weighted by atomic mass is 79.9. The molecule has 0 radical (unpaired) electrons. The first kappa shape index (κ1) is 10.2. The van der Waals surface area contributed by atoms with Crippen molar-refractivity contribution in [2.45, 2.75) is 18.1 Å². The van der Waals surface area contributed by atoms with Gasteiger partial charge < -0.3 is 4.74 Å². The Morgan fingerprint density at radius 1 is 1.57 bits per heavy atom. The molecule has 0 aliphatic carbocycles. The highest BCUT2D eigenvalue weighted by Crippen LogP contribution is 2.39. The SMILES string of the molecule is COc1nnc(C2CCCS2)cc1Br. The average Bonchev–Trinajstić information content (AvgIpc) is 2.70. The average molecular weight is 275 g/mol. The van der Waals surface area contributed by atoms with Gasteiger partial charge in [0, 0.05) is 5.25 Å². The van der Waals surface area contributed by atoms with Gasteiger partial charge in [0.25, 0.3) is 0 Å². The first-order valence-electron chi connectivity index (χ1n) is 4.50. The normalized spacial score (nSPS) is 21.1. The molecule has 0 N–H and O–H groups in total. The first-order chi connectivity index (χ1) is 6.81. The highest BCUT2D eigenvalue weighted by molar-refractivity contribution is 9.10. The second-order valence-electron chi connectivity index (χ2n) is 3.13. The van der Waals surface area contributed by atoms with Crippen molar-refractivity contribution >= 4 is 27.7 Å². The summed E-state index contributed by atoms with van der Waals surface area (Å²) in [6.45, 7) is 0. The van der Waals surface area contributed by atoms with Crippen molar-refractivity contribution in [2.24, 2.45) is 0 Å². The summed E-state index contributed by atoms with van der Waals surface area (Å²) in [5.74, 6) is 1.78. The summed E-state index contributed by atoms with van der Waals surface area (Å²) in [5.41, 5.74) is 1.06. The Morgan fingerprint density at radius 3 is 3.00 bits per heavy atom. The molecule has 3 nitrogen and oxygen atoms in total. The smallest absolute Gasteiger partial charge is 0.247 e. The Morgan fingerprint density at radius 2 is 2.43 bits per heavy atom. The molecular formula is C9H11BrN2OS. The molecule has 0 amide bonds. The van der Waals surface area contributed by atoms with Gasteiger partial charge in [-0.05, 0) is 40.6 Å². The van der Waals surface area contributed by atoms with Crippen molar-refractivity contribution in [3.63, 3.8) is 0 Å². The molecule has 1 aliphatic rings. The number of rotatable bonds is 2. The molecule has 0 spiro atoms. The number of halogens is 1. The number of aromatic nitrogens is 2. The van der Waals surface area contributed by atoms with Gasteiger partial charge in [0.2, 0.25) is 5.88 Å². The van der Waals surface area contributed by atoms with E-state index in [1.807, 2.05) is 17.8 Å². The fourth-order valence-corrected chi connectivity index (χ4v) is 3.19. The van der Waals surface area contributed by atoms with Gasteiger partial charge in [-0.15, -0.1) is 5.10 Å². The lowest BCUT2D eigenvalue weighted by Crippen LogP contribution is -1.99. The van der Waals surface area contributed by atoms with Crippen molar-refractivity contribution in [1.82, 2.24) is 10.2 Å². The Kier molecular flexibility index (Phi) is 3.28. The van der Waals surface area contributed by atoms with Crippen LogP contribution >= 0.6 is 27.7 Å². The van der Waals surface area contributed by atoms with Crippen LogP contribution in [0.25, 0.3) is 0 Å². The lowest BCUT2D eigenvalue weighted by Gasteiger charge is -2.08. The Bertz CT molecular complexity index is 329.